The Morgan fingerprint density at radius 3 is 1.92 bits per heavy atom. The third-order valence-electron chi connectivity index (χ3n) is 6.11. The number of rotatable bonds is 9. The highest BCUT2D eigenvalue weighted by molar-refractivity contribution is 7.80. The van der Waals surface area contributed by atoms with Gasteiger partial charge < -0.3 is 20.4 Å². The van der Waals surface area contributed by atoms with Gasteiger partial charge in [-0.3, -0.25) is 4.79 Å². The fraction of sp³-hybridized carbons (Fsp3) is 0.333. The van der Waals surface area contributed by atoms with E-state index in [1.54, 1.807) is 0 Å². The number of nitrogens with one attached hydrogen (secondary N) is 2. The SMILES string of the molecule is CC(C)c1cccc(C(C)C)c1NC(=O)CN(Cc1ccccc1)C(=S)Nc1ccc(N(C)C)cc1. The summed E-state index contributed by atoms with van der Waals surface area (Å²) in [5, 5.41) is 7.05. The molecule has 0 aliphatic carbocycles. The number of anilines is 3. The number of benzene rings is 3. The van der Waals surface area contributed by atoms with E-state index in [9.17, 15) is 4.79 Å². The van der Waals surface area contributed by atoms with E-state index in [2.05, 4.69) is 61.4 Å². The average Bonchev–Trinajstić information content (AvgIpc) is 2.84. The molecule has 3 rings (SSSR count). The molecule has 5 nitrogen and oxygen atoms in total. The quantitative estimate of drug-likeness (QED) is 0.314. The third kappa shape index (κ3) is 7.31. The molecule has 36 heavy (non-hydrogen) atoms. The molecule has 0 aromatic heterocycles. The lowest BCUT2D eigenvalue weighted by Gasteiger charge is -2.27. The first kappa shape index (κ1) is 27.2. The standard InChI is InChI=1S/C30H38N4OS/c1-21(2)26-13-10-14-27(22(3)4)29(26)32-28(35)20-34(19-23-11-8-7-9-12-23)30(36)31-24-15-17-25(18-16-24)33(5)6/h7-18,21-22H,19-20H2,1-6H3,(H,31,36)(H,32,35). The smallest absolute Gasteiger partial charge is 0.244 e. The van der Waals surface area contributed by atoms with Gasteiger partial charge in [0.1, 0.15) is 0 Å². The lowest BCUT2D eigenvalue weighted by Crippen LogP contribution is -2.40. The van der Waals surface area contributed by atoms with Gasteiger partial charge in [0.05, 0.1) is 6.54 Å². The number of carbonyl (C=O) groups is 1. The molecule has 0 saturated carbocycles. The van der Waals surface area contributed by atoms with Gasteiger partial charge in [-0.1, -0.05) is 76.2 Å². The molecule has 0 unspecified atom stereocenters. The van der Waals surface area contributed by atoms with Crippen LogP contribution < -0.4 is 15.5 Å². The molecule has 190 valence electrons. The second kappa shape index (κ2) is 12.5. The number of para-hydroxylation sites is 1. The molecule has 3 aromatic rings. The van der Waals surface area contributed by atoms with Gasteiger partial charge in [0.25, 0.3) is 0 Å². The van der Waals surface area contributed by atoms with Gasteiger partial charge in [0.2, 0.25) is 5.91 Å². The van der Waals surface area contributed by atoms with Crippen LogP contribution in [0.5, 0.6) is 0 Å². The van der Waals surface area contributed by atoms with Gasteiger partial charge in [0.15, 0.2) is 5.11 Å². The first-order valence-corrected chi connectivity index (χ1v) is 12.9. The topological polar surface area (TPSA) is 47.6 Å². The molecule has 0 saturated heterocycles. The molecule has 0 aliphatic heterocycles. The van der Waals surface area contributed by atoms with Crippen LogP contribution in [-0.4, -0.2) is 36.6 Å². The summed E-state index contributed by atoms with van der Waals surface area (Å²) in [6, 6.07) is 24.4. The summed E-state index contributed by atoms with van der Waals surface area (Å²) in [6.07, 6.45) is 0. The molecule has 0 heterocycles. The number of thiocarbonyl (C=S) groups is 1. The summed E-state index contributed by atoms with van der Waals surface area (Å²) >= 11 is 5.78. The first-order chi connectivity index (χ1) is 17.2. The maximum atomic E-state index is 13.4. The van der Waals surface area contributed by atoms with Gasteiger partial charge in [-0.25, -0.2) is 0 Å². The third-order valence-corrected chi connectivity index (χ3v) is 6.47. The van der Waals surface area contributed by atoms with Crippen molar-refractivity contribution < 1.29 is 4.79 Å². The Balaban J connectivity index is 1.82. The van der Waals surface area contributed by atoms with E-state index in [1.807, 2.05) is 73.6 Å². The zero-order chi connectivity index (χ0) is 26.2. The molecule has 2 N–H and O–H groups in total. The summed E-state index contributed by atoms with van der Waals surface area (Å²) in [7, 11) is 4.02. The van der Waals surface area contributed by atoms with Crippen molar-refractivity contribution in [2.24, 2.45) is 0 Å². The zero-order valence-electron chi connectivity index (χ0n) is 22.2. The number of hydrogen-bond donors (Lipinski definition) is 2. The van der Waals surface area contributed by atoms with Crippen molar-refractivity contribution in [1.82, 2.24) is 4.90 Å². The Kier molecular flexibility index (Phi) is 9.48. The fourth-order valence-electron chi connectivity index (χ4n) is 4.10. The largest absolute Gasteiger partial charge is 0.378 e. The Bertz CT molecular complexity index is 1130. The maximum absolute atomic E-state index is 13.4. The molecular formula is C30H38N4OS. The van der Waals surface area contributed by atoms with E-state index in [-0.39, 0.29) is 12.5 Å². The molecule has 0 aliphatic rings. The van der Waals surface area contributed by atoms with Crippen LogP contribution in [0, 0.1) is 0 Å². The molecular weight excluding hydrogens is 464 g/mol. The van der Waals surface area contributed by atoms with Crippen molar-refractivity contribution in [3.8, 4) is 0 Å². The van der Waals surface area contributed by atoms with Crippen LogP contribution in [0.25, 0.3) is 0 Å². The van der Waals surface area contributed by atoms with Crippen LogP contribution in [0.3, 0.4) is 0 Å². The van der Waals surface area contributed by atoms with E-state index in [1.165, 1.54) is 0 Å². The highest BCUT2D eigenvalue weighted by atomic mass is 32.1. The minimum Gasteiger partial charge on any atom is -0.378 e. The molecule has 0 fully saturated rings. The van der Waals surface area contributed by atoms with Crippen LogP contribution >= 0.6 is 12.2 Å². The Hall–Kier alpha value is -3.38. The molecule has 0 spiro atoms. The van der Waals surface area contributed by atoms with E-state index in [0.717, 1.165) is 33.8 Å². The van der Waals surface area contributed by atoms with Gasteiger partial charge >= 0.3 is 0 Å². The maximum Gasteiger partial charge on any atom is 0.244 e. The first-order valence-electron chi connectivity index (χ1n) is 12.5. The zero-order valence-corrected chi connectivity index (χ0v) is 23.0. The van der Waals surface area contributed by atoms with Gasteiger partial charge in [-0.15, -0.1) is 0 Å². The lowest BCUT2D eigenvalue weighted by molar-refractivity contribution is -0.116. The summed E-state index contributed by atoms with van der Waals surface area (Å²) in [5.74, 6) is 0.507. The van der Waals surface area contributed by atoms with Crippen LogP contribution in [0.2, 0.25) is 0 Å². The van der Waals surface area contributed by atoms with E-state index in [4.69, 9.17) is 12.2 Å². The summed E-state index contributed by atoms with van der Waals surface area (Å²) in [5.41, 5.74) is 6.29. The summed E-state index contributed by atoms with van der Waals surface area (Å²) in [4.78, 5) is 17.4. The van der Waals surface area contributed by atoms with Crippen molar-refractivity contribution in [2.75, 3.05) is 36.2 Å². The molecule has 6 heteroatoms. The molecule has 0 bridgehead atoms. The van der Waals surface area contributed by atoms with Crippen molar-refractivity contribution >= 4 is 40.3 Å². The minimum atomic E-state index is -0.0898. The molecule has 0 radical (unpaired) electrons. The normalized spacial score (nSPS) is 10.9. The van der Waals surface area contributed by atoms with Crippen LogP contribution in [-0.2, 0) is 11.3 Å². The minimum absolute atomic E-state index is 0.0898. The summed E-state index contributed by atoms with van der Waals surface area (Å²) in [6.45, 7) is 9.27. The number of nitrogens with zero attached hydrogens (tertiary/aromatic N) is 2. The monoisotopic (exact) mass is 502 g/mol. The Morgan fingerprint density at radius 2 is 1.39 bits per heavy atom. The predicted molar refractivity (Wildman–Crippen MR) is 157 cm³/mol. The highest BCUT2D eigenvalue weighted by Gasteiger charge is 2.19. The molecule has 3 aromatic carbocycles. The number of carbonyl (C=O) groups excluding carboxylic acids is 1. The average molecular weight is 503 g/mol. The number of hydrogen-bond acceptors (Lipinski definition) is 3. The van der Waals surface area contributed by atoms with Gasteiger partial charge in [-0.2, -0.15) is 0 Å². The van der Waals surface area contributed by atoms with E-state index < -0.39 is 0 Å². The van der Waals surface area contributed by atoms with Crippen LogP contribution in [0.4, 0.5) is 17.1 Å². The number of amides is 1. The van der Waals surface area contributed by atoms with E-state index in [0.29, 0.717) is 23.5 Å². The van der Waals surface area contributed by atoms with Crippen molar-refractivity contribution in [3.05, 3.63) is 89.5 Å². The van der Waals surface area contributed by atoms with E-state index >= 15 is 0 Å². The Morgan fingerprint density at radius 1 is 0.806 bits per heavy atom. The Labute approximate surface area is 221 Å². The predicted octanol–water partition coefficient (Wildman–Crippen LogP) is 6.84. The van der Waals surface area contributed by atoms with Crippen molar-refractivity contribution in [3.63, 3.8) is 0 Å². The van der Waals surface area contributed by atoms with Gasteiger partial charge in [-0.05, 0) is 65.0 Å². The molecule has 1 amide bonds. The van der Waals surface area contributed by atoms with Crippen LogP contribution in [0.15, 0.2) is 72.8 Å². The summed E-state index contributed by atoms with van der Waals surface area (Å²) < 4.78 is 0. The second-order valence-corrected chi connectivity index (χ2v) is 10.3. The second-order valence-electron chi connectivity index (χ2n) is 9.88. The molecule has 0 atom stereocenters. The van der Waals surface area contributed by atoms with Crippen molar-refractivity contribution in [1.29, 1.82) is 0 Å². The fourth-order valence-corrected chi connectivity index (χ4v) is 4.34. The van der Waals surface area contributed by atoms with Crippen molar-refractivity contribution in [2.45, 2.75) is 46.1 Å². The van der Waals surface area contributed by atoms with Crippen LogP contribution in [0.1, 0.15) is 56.2 Å². The van der Waals surface area contributed by atoms with Gasteiger partial charge in [0, 0.05) is 37.7 Å². The lowest BCUT2D eigenvalue weighted by atomic mass is 9.92. The highest BCUT2D eigenvalue weighted by Crippen LogP contribution is 2.32.